The molecule has 0 spiro atoms. The van der Waals surface area contributed by atoms with Crippen molar-refractivity contribution in [3.05, 3.63) is 63.7 Å². The van der Waals surface area contributed by atoms with Crippen LogP contribution in [0.3, 0.4) is 0 Å². The number of hydrogen-bond donors (Lipinski definition) is 2. The van der Waals surface area contributed by atoms with Crippen molar-refractivity contribution < 1.29 is 24.3 Å². The molecule has 1 atom stereocenters. The van der Waals surface area contributed by atoms with Crippen LogP contribution in [-0.2, 0) is 6.42 Å². The van der Waals surface area contributed by atoms with E-state index in [4.69, 9.17) is 9.47 Å². The third-order valence-electron chi connectivity index (χ3n) is 3.76. The summed E-state index contributed by atoms with van der Waals surface area (Å²) >= 11 is 0. The van der Waals surface area contributed by atoms with Gasteiger partial charge >= 0.3 is 0 Å². The SMILES string of the molecule is COc1cc(C(=O)NCC(O)Cc2ccccc2)c([N+](=O)[O-])cc1OC. The molecule has 0 bridgehead atoms. The molecule has 26 heavy (non-hydrogen) atoms. The van der Waals surface area contributed by atoms with E-state index in [-0.39, 0.29) is 23.6 Å². The minimum atomic E-state index is -0.819. The molecule has 0 aliphatic carbocycles. The number of carbonyl (C=O) groups excluding carboxylic acids is 1. The first-order valence-electron chi connectivity index (χ1n) is 7.86. The number of carbonyl (C=O) groups is 1. The van der Waals surface area contributed by atoms with Crippen molar-refractivity contribution in [3.8, 4) is 11.5 Å². The number of hydrogen-bond acceptors (Lipinski definition) is 6. The highest BCUT2D eigenvalue weighted by atomic mass is 16.6. The van der Waals surface area contributed by atoms with Crippen molar-refractivity contribution in [2.75, 3.05) is 20.8 Å². The summed E-state index contributed by atoms with van der Waals surface area (Å²) in [6, 6.07) is 11.7. The number of nitrogens with zero attached hydrogens (tertiary/aromatic N) is 1. The second-order valence-corrected chi connectivity index (χ2v) is 5.54. The number of nitrogens with one attached hydrogen (secondary N) is 1. The van der Waals surface area contributed by atoms with E-state index < -0.39 is 22.6 Å². The van der Waals surface area contributed by atoms with Crippen LogP contribution in [0.15, 0.2) is 42.5 Å². The number of methoxy groups -OCH3 is 2. The van der Waals surface area contributed by atoms with Gasteiger partial charge in [0.1, 0.15) is 5.56 Å². The first-order chi connectivity index (χ1) is 12.5. The number of aliphatic hydroxyl groups is 1. The topological polar surface area (TPSA) is 111 Å². The number of benzene rings is 2. The maximum atomic E-state index is 12.4. The summed E-state index contributed by atoms with van der Waals surface area (Å²) in [6.07, 6.45) is -0.463. The quantitative estimate of drug-likeness (QED) is 0.550. The summed E-state index contributed by atoms with van der Waals surface area (Å²) < 4.78 is 10.1. The molecule has 2 rings (SSSR count). The lowest BCUT2D eigenvalue weighted by Crippen LogP contribution is -2.33. The molecule has 2 N–H and O–H groups in total. The van der Waals surface area contributed by atoms with Crippen LogP contribution in [0.2, 0.25) is 0 Å². The van der Waals surface area contributed by atoms with E-state index in [1.807, 2.05) is 30.3 Å². The van der Waals surface area contributed by atoms with E-state index in [0.29, 0.717) is 6.42 Å². The maximum absolute atomic E-state index is 12.4. The predicted octanol–water partition coefficient (Wildman–Crippen LogP) is 1.95. The van der Waals surface area contributed by atoms with Crippen molar-refractivity contribution >= 4 is 11.6 Å². The highest BCUT2D eigenvalue weighted by Gasteiger charge is 2.24. The van der Waals surface area contributed by atoms with E-state index in [0.717, 1.165) is 11.6 Å². The second-order valence-electron chi connectivity index (χ2n) is 5.54. The minimum Gasteiger partial charge on any atom is -0.493 e. The largest absolute Gasteiger partial charge is 0.493 e. The molecule has 1 unspecified atom stereocenters. The fraction of sp³-hybridized carbons (Fsp3) is 0.278. The fourth-order valence-electron chi connectivity index (χ4n) is 2.47. The van der Waals surface area contributed by atoms with Gasteiger partial charge in [-0.15, -0.1) is 0 Å². The Bertz CT molecular complexity index is 779. The maximum Gasteiger partial charge on any atom is 0.286 e. The van der Waals surface area contributed by atoms with Gasteiger partial charge in [-0.1, -0.05) is 30.3 Å². The van der Waals surface area contributed by atoms with Crippen LogP contribution in [0.25, 0.3) is 0 Å². The van der Waals surface area contributed by atoms with Gasteiger partial charge in [0.25, 0.3) is 11.6 Å². The zero-order chi connectivity index (χ0) is 19.1. The van der Waals surface area contributed by atoms with Crippen molar-refractivity contribution in [2.45, 2.75) is 12.5 Å². The van der Waals surface area contributed by atoms with Gasteiger partial charge in [-0.05, 0) is 5.56 Å². The number of ether oxygens (including phenoxy) is 2. The second kappa shape index (κ2) is 8.82. The molecule has 0 heterocycles. The summed E-state index contributed by atoms with van der Waals surface area (Å²) in [5.74, 6) is -0.322. The molecule has 2 aromatic carbocycles. The van der Waals surface area contributed by atoms with Crippen molar-refractivity contribution in [3.63, 3.8) is 0 Å². The molecule has 0 saturated carbocycles. The Morgan fingerprint density at radius 2 is 1.81 bits per heavy atom. The lowest BCUT2D eigenvalue weighted by Gasteiger charge is -2.13. The highest BCUT2D eigenvalue weighted by molar-refractivity contribution is 5.99. The van der Waals surface area contributed by atoms with Gasteiger partial charge in [0.2, 0.25) is 0 Å². The van der Waals surface area contributed by atoms with E-state index in [2.05, 4.69) is 5.32 Å². The molecule has 0 radical (unpaired) electrons. The van der Waals surface area contributed by atoms with Gasteiger partial charge in [0.15, 0.2) is 11.5 Å². The summed E-state index contributed by atoms with van der Waals surface area (Å²) in [5.41, 5.74) is 0.351. The number of nitro benzene ring substituents is 1. The van der Waals surface area contributed by atoms with Gasteiger partial charge in [0, 0.05) is 19.0 Å². The van der Waals surface area contributed by atoms with Crippen LogP contribution in [0.5, 0.6) is 11.5 Å². The summed E-state index contributed by atoms with van der Waals surface area (Å²) in [7, 11) is 2.72. The Morgan fingerprint density at radius 3 is 2.38 bits per heavy atom. The Kier molecular flexibility index (Phi) is 6.51. The number of amides is 1. The standard InChI is InChI=1S/C18H20N2O6/c1-25-16-9-14(15(20(23)24)10-17(16)26-2)18(22)19-11-13(21)8-12-6-4-3-5-7-12/h3-7,9-10,13,21H,8,11H2,1-2H3,(H,19,22). The summed E-state index contributed by atoms with van der Waals surface area (Å²) in [6.45, 7) is -0.0424. The molecule has 0 aliphatic heterocycles. The Balaban J connectivity index is 2.11. The molecule has 8 nitrogen and oxygen atoms in total. The average Bonchev–Trinajstić information content (AvgIpc) is 2.65. The fourth-order valence-corrected chi connectivity index (χ4v) is 2.47. The first-order valence-corrected chi connectivity index (χ1v) is 7.86. The smallest absolute Gasteiger partial charge is 0.286 e. The third-order valence-corrected chi connectivity index (χ3v) is 3.76. The molecule has 0 aliphatic rings. The molecule has 2 aromatic rings. The van der Waals surface area contributed by atoms with E-state index in [9.17, 15) is 20.0 Å². The number of aliphatic hydroxyl groups excluding tert-OH is 1. The summed E-state index contributed by atoms with van der Waals surface area (Å²) in [4.78, 5) is 23.0. The van der Waals surface area contributed by atoms with Crippen LogP contribution in [0, 0.1) is 10.1 Å². The lowest BCUT2D eigenvalue weighted by atomic mass is 10.1. The monoisotopic (exact) mass is 360 g/mol. The van der Waals surface area contributed by atoms with Gasteiger partial charge in [-0.3, -0.25) is 14.9 Å². The number of rotatable bonds is 8. The van der Waals surface area contributed by atoms with Gasteiger partial charge in [-0.25, -0.2) is 0 Å². The molecule has 0 saturated heterocycles. The molecular weight excluding hydrogens is 340 g/mol. The Hall–Kier alpha value is -3.13. The average molecular weight is 360 g/mol. The van der Waals surface area contributed by atoms with Crippen molar-refractivity contribution in [1.82, 2.24) is 5.32 Å². The van der Waals surface area contributed by atoms with E-state index in [1.54, 1.807) is 0 Å². The Morgan fingerprint density at radius 1 is 1.19 bits per heavy atom. The molecule has 1 amide bonds. The lowest BCUT2D eigenvalue weighted by molar-refractivity contribution is -0.385. The minimum absolute atomic E-state index is 0.0424. The van der Waals surface area contributed by atoms with Crippen LogP contribution in [0.1, 0.15) is 15.9 Å². The molecular formula is C18H20N2O6. The predicted molar refractivity (Wildman–Crippen MR) is 94.7 cm³/mol. The number of nitro groups is 1. The van der Waals surface area contributed by atoms with E-state index in [1.165, 1.54) is 20.3 Å². The first kappa shape index (κ1) is 19.2. The van der Waals surface area contributed by atoms with Gasteiger partial charge in [0.05, 0.1) is 31.3 Å². The third kappa shape index (κ3) is 4.70. The van der Waals surface area contributed by atoms with Crippen molar-refractivity contribution in [2.24, 2.45) is 0 Å². The van der Waals surface area contributed by atoms with Crippen LogP contribution in [-0.4, -0.2) is 42.8 Å². The molecule has 0 aromatic heterocycles. The van der Waals surface area contributed by atoms with Gasteiger partial charge < -0.3 is 19.9 Å². The molecule has 8 heteroatoms. The van der Waals surface area contributed by atoms with Crippen LogP contribution < -0.4 is 14.8 Å². The highest BCUT2D eigenvalue weighted by Crippen LogP contribution is 2.34. The molecule has 138 valence electrons. The van der Waals surface area contributed by atoms with Crippen LogP contribution in [0.4, 0.5) is 5.69 Å². The van der Waals surface area contributed by atoms with Crippen LogP contribution >= 0.6 is 0 Å². The Labute approximate surface area is 150 Å². The van der Waals surface area contributed by atoms with Gasteiger partial charge in [-0.2, -0.15) is 0 Å². The molecule has 0 fully saturated rings. The zero-order valence-electron chi connectivity index (χ0n) is 14.5. The summed E-state index contributed by atoms with van der Waals surface area (Å²) in [5, 5.41) is 23.8. The van der Waals surface area contributed by atoms with E-state index >= 15 is 0 Å². The zero-order valence-corrected chi connectivity index (χ0v) is 14.5. The van der Waals surface area contributed by atoms with Crippen molar-refractivity contribution in [1.29, 1.82) is 0 Å². The normalized spacial score (nSPS) is 11.5.